The van der Waals surface area contributed by atoms with Gasteiger partial charge >= 0.3 is 0 Å². The van der Waals surface area contributed by atoms with Crippen LogP contribution in [0, 0.1) is 12.8 Å². The Morgan fingerprint density at radius 3 is 2.81 bits per heavy atom. The summed E-state index contributed by atoms with van der Waals surface area (Å²) in [7, 11) is 0. The Balaban J connectivity index is 1.46. The summed E-state index contributed by atoms with van der Waals surface area (Å²) in [6.45, 7) is 5.45. The third kappa shape index (κ3) is 4.02. The van der Waals surface area contributed by atoms with Gasteiger partial charge in [-0.15, -0.1) is 0 Å². The SMILES string of the molecule is CCCc1cc(C(=O)N2CCCCC2c2nc(C)c3c(n2)N(CC2CC2)C(=O)CC3)no1. The van der Waals surface area contributed by atoms with Crippen LogP contribution >= 0.6 is 0 Å². The molecule has 2 fully saturated rings. The monoisotopic (exact) mass is 437 g/mol. The Morgan fingerprint density at radius 1 is 1.19 bits per heavy atom. The van der Waals surface area contributed by atoms with Gasteiger partial charge in [0.2, 0.25) is 5.91 Å². The molecule has 1 unspecified atom stereocenters. The van der Waals surface area contributed by atoms with Crippen molar-refractivity contribution >= 4 is 17.6 Å². The molecule has 1 saturated carbocycles. The van der Waals surface area contributed by atoms with Crippen LogP contribution in [-0.4, -0.2) is 44.9 Å². The number of aryl methyl sites for hydroxylation is 2. The van der Waals surface area contributed by atoms with E-state index in [1.807, 2.05) is 16.7 Å². The van der Waals surface area contributed by atoms with E-state index in [4.69, 9.17) is 14.5 Å². The number of hydrogen-bond donors (Lipinski definition) is 0. The Hall–Kier alpha value is -2.77. The average Bonchev–Trinajstić information content (AvgIpc) is 3.50. The molecule has 5 rings (SSSR count). The predicted molar refractivity (Wildman–Crippen MR) is 118 cm³/mol. The van der Waals surface area contributed by atoms with E-state index >= 15 is 0 Å². The molecule has 32 heavy (non-hydrogen) atoms. The molecule has 0 N–H and O–H groups in total. The number of carbonyl (C=O) groups is 2. The minimum absolute atomic E-state index is 0.134. The molecule has 0 aromatic carbocycles. The van der Waals surface area contributed by atoms with Crippen molar-refractivity contribution in [3.8, 4) is 0 Å². The molecule has 0 radical (unpaired) electrons. The first kappa shape index (κ1) is 21.1. The van der Waals surface area contributed by atoms with Gasteiger partial charge in [-0.3, -0.25) is 14.5 Å². The minimum atomic E-state index is -0.216. The highest BCUT2D eigenvalue weighted by atomic mass is 16.5. The van der Waals surface area contributed by atoms with Gasteiger partial charge in [-0.25, -0.2) is 9.97 Å². The number of carbonyl (C=O) groups excluding carboxylic acids is 2. The van der Waals surface area contributed by atoms with Gasteiger partial charge in [0.1, 0.15) is 11.6 Å². The van der Waals surface area contributed by atoms with Crippen LogP contribution in [0.2, 0.25) is 0 Å². The van der Waals surface area contributed by atoms with Crippen molar-refractivity contribution in [2.75, 3.05) is 18.0 Å². The van der Waals surface area contributed by atoms with Crippen molar-refractivity contribution in [3.05, 3.63) is 34.6 Å². The van der Waals surface area contributed by atoms with Gasteiger partial charge in [0.25, 0.3) is 5.91 Å². The van der Waals surface area contributed by atoms with E-state index in [-0.39, 0.29) is 17.9 Å². The summed E-state index contributed by atoms with van der Waals surface area (Å²) in [5, 5.41) is 4.03. The van der Waals surface area contributed by atoms with E-state index in [1.54, 1.807) is 6.07 Å². The van der Waals surface area contributed by atoms with E-state index in [0.717, 1.165) is 61.5 Å². The first-order chi connectivity index (χ1) is 15.5. The summed E-state index contributed by atoms with van der Waals surface area (Å²) in [6.07, 6.45) is 8.03. The lowest BCUT2D eigenvalue weighted by Gasteiger charge is -2.36. The van der Waals surface area contributed by atoms with Crippen LogP contribution in [0.5, 0.6) is 0 Å². The van der Waals surface area contributed by atoms with Gasteiger partial charge in [-0.1, -0.05) is 12.1 Å². The van der Waals surface area contributed by atoms with Gasteiger partial charge in [-0.05, 0) is 57.8 Å². The molecule has 2 amide bonds. The summed E-state index contributed by atoms with van der Waals surface area (Å²) in [4.78, 5) is 39.5. The smallest absolute Gasteiger partial charge is 0.276 e. The standard InChI is InChI=1S/C24H31N5O3/c1-3-6-17-13-19(27-32-17)24(31)28-12-5-4-7-20(28)22-25-15(2)18-10-11-21(30)29(23(18)26-22)14-16-8-9-16/h13,16,20H,3-12,14H2,1-2H3. The molecule has 0 bridgehead atoms. The quantitative estimate of drug-likeness (QED) is 0.683. The molecule has 1 aliphatic carbocycles. The van der Waals surface area contributed by atoms with E-state index in [2.05, 4.69) is 12.1 Å². The number of nitrogens with zero attached hydrogens (tertiary/aromatic N) is 5. The summed E-state index contributed by atoms with van der Waals surface area (Å²) in [5.74, 6) is 2.74. The van der Waals surface area contributed by atoms with Crippen molar-refractivity contribution in [1.82, 2.24) is 20.0 Å². The number of aromatic nitrogens is 3. The van der Waals surface area contributed by atoms with Crippen LogP contribution in [-0.2, 0) is 17.6 Å². The van der Waals surface area contributed by atoms with Gasteiger partial charge in [0.05, 0.1) is 6.04 Å². The Morgan fingerprint density at radius 2 is 2.03 bits per heavy atom. The molecule has 1 saturated heterocycles. The van der Waals surface area contributed by atoms with Crippen LogP contribution in [0.1, 0.15) is 91.2 Å². The van der Waals surface area contributed by atoms with E-state index in [9.17, 15) is 9.59 Å². The van der Waals surface area contributed by atoms with Crippen molar-refractivity contribution in [1.29, 1.82) is 0 Å². The van der Waals surface area contributed by atoms with E-state index in [1.165, 1.54) is 12.8 Å². The van der Waals surface area contributed by atoms with Crippen LogP contribution in [0.4, 0.5) is 5.82 Å². The molecule has 2 aliphatic heterocycles. The zero-order valence-electron chi connectivity index (χ0n) is 19.0. The zero-order valence-corrected chi connectivity index (χ0v) is 19.0. The fraction of sp³-hybridized carbons (Fsp3) is 0.625. The predicted octanol–water partition coefficient (Wildman–Crippen LogP) is 3.78. The molecular weight excluding hydrogens is 406 g/mol. The fourth-order valence-corrected chi connectivity index (χ4v) is 4.87. The van der Waals surface area contributed by atoms with E-state index < -0.39 is 0 Å². The number of amides is 2. The van der Waals surface area contributed by atoms with Gasteiger partial charge in [-0.2, -0.15) is 0 Å². The Labute approximate surface area is 188 Å². The number of likely N-dealkylation sites (tertiary alicyclic amines) is 1. The van der Waals surface area contributed by atoms with Crippen LogP contribution < -0.4 is 4.90 Å². The van der Waals surface area contributed by atoms with Gasteiger partial charge in [0.15, 0.2) is 11.5 Å². The first-order valence-corrected chi connectivity index (χ1v) is 12.0. The van der Waals surface area contributed by atoms with Crippen molar-refractivity contribution < 1.29 is 14.1 Å². The van der Waals surface area contributed by atoms with Crippen molar-refractivity contribution in [2.24, 2.45) is 5.92 Å². The summed E-state index contributed by atoms with van der Waals surface area (Å²) in [5.41, 5.74) is 2.34. The lowest BCUT2D eigenvalue weighted by Crippen LogP contribution is -2.41. The first-order valence-electron chi connectivity index (χ1n) is 12.0. The second-order valence-corrected chi connectivity index (χ2v) is 9.36. The highest BCUT2D eigenvalue weighted by molar-refractivity contribution is 5.95. The fourth-order valence-electron chi connectivity index (χ4n) is 4.87. The van der Waals surface area contributed by atoms with Crippen LogP contribution in [0.25, 0.3) is 0 Å². The molecule has 170 valence electrons. The molecule has 0 spiro atoms. The second-order valence-electron chi connectivity index (χ2n) is 9.36. The van der Waals surface area contributed by atoms with Crippen molar-refractivity contribution in [2.45, 2.75) is 77.7 Å². The second kappa shape index (κ2) is 8.64. The number of rotatable bonds is 6. The molecule has 8 heteroatoms. The van der Waals surface area contributed by atoms with Crippen LogP contribution in [0.3, 0.4) is 0 Å². The van der Waals surface area contributed by atoms with Crippen molar-refractivity contribution in [3.63, 3.8) is 0 Å². The maximum absolute atomic E-state index is 13.3. The number of anilines is 1. The maximum Gasteiger partial charge on any atom is 0.276 e. The molecule has 2 aromatic rings. The molecular formula is C24H31N5O3. The molecule has 1 atom stereocenters. The lowest BCUT2D eigenvalue weighted by molar-refractivity contribution is -0.119. The third-order valence-electron chi connectivity index (χ3n) is 6.83. The zero-order chi connectivity index (χ0) is 22.2. The lowest BCUT2D eigenvalue weighted by atomic mass is 9.99. The Bertz CT molecular complexity index is 1030. The highest BCUT2D eigenvalue weighted by Crippen LogP contribution is 2.37. The molecule has 4 heterocycles. The number of hydrogen-bond acceptors (Lipinski definition) is 6. The highest BCUT2D eigenvalue weighted by Gasteiger charge is 2.36. The molecule has 3 aliphatic rings. The Kier molecular flexibility index (Phi) is 5.69. The number of fused-ring (bicyclic) bond motifs is 1. The van der Waals surface area contributed by atoms with Gasteiger partial charge in [0, 0.05) is 43.3 Å². The summed E-state index contributed by atoms with van der Waals surface area (Å²) < 4.78 is 5.35. The largest absolute Gasteiger partial charge is 0.361 e. The summed E-state index contributed by atoms with van der Waals surface area (Å²) >= 11 is 0. The maximum atomic E-state index is 13.3. The third-order valence-corrected chi connectivity index (χ3v) is 6.83. The molecule has 8 nitrogen and oxygen atoms in total. The number of piperidine rings is 1. The summed E-state index contributed by atoms with van der Waals surface area (Å²) in [6, 6.07) is 1.54. The molecule has 2 aromatic heterocycles. The topological polar surface area (TPSA) is 92.4 Å². The van der Waals surface area contributed by atoms with Crippen LogP contribution in [0.15, 0.2) is 10.6 Å². The van der Waals surface area contributed by atoms with Gasteiger partial charge < -0.3 is 9.42 Å². The average molecular weight is 438 g/mol. The normalized spacial score (nSPS) is 21.1. The van der Waals surface area contributed by atoms with E-state index in [0.29, 0.717) is 36.8 Å². The minimum Gasteiger partial charge on any atom is -0.361 e.